The second-order valence-electron chi connectivity index (χ2n) is 7.64. The molecule has 0 aromatic heterocycles. The van der Waals surface area contributed by atoms with Crippen molar-refractivity contribution in [2.45, 2.75) is 14.7 Å². The lowest BCUT2D eigenvalue weighted by atomic mass is 9.92. The highest BCUT2D eigenvalue weighted by Gasteiger charge is 2.39. The predicted molar refractivity (Wildman–Crippen MR) is 132 cm³/mol. The van der Waals surface area contributed by atoms with Crippen LogP contribution in [-0.4, -0.2) is 38.9 Å². The molecule has 4 aromatic rings. The van der Waals surface area contributed by atoms with Crippen molar-refractivity contribution in [2.75, 3.05) is 0 Å². The normalized spacial score (nSPS) is 12.4. The van der Waals surface area contributed by atoms with Gasteiger partial charge in [-0.2, -0.15) is 25.3 Å². The summed E-state index contributed by atoms with van der Waals surface area (Å²) in [5.74, 6) is 0. The molecule has 0 heterocycles. The van der Waals surface area contributed by atoms with Crippen LogP contribution in [0.2, 0.25) is 0 Å². The summed E-state index contributed by atoms with van der Waals surface area (Å²) in [4.78, 5) is -3.33. The van der Waals surface area contributed by atoms with E-state index < -0.39 is 61.7 Å². The van der Waals surface area contributed by atoms with E-state index in [4.69, 9.17) is 0 Å². The zero-order valence-electron chi connectivity index (χ0n) is 18.2. The van der Waals surface area contributed by atoms with Crippen LogP contribution in [0, 0.1) is 0 Å². The molecular weight excluding hydrogens is 528 g/mol. The van der Waals surface area contributed by atoms with Crippen LogP contribution in [0.3, 0.4) is 0 Å². The molecule has 9 nitrogen and oxygen atoms in total. The zero-order valence-corrected chi connectivity index (χ0v) is 20.6. The van der Waals surface area contributed by atoms with Crippen LogP contribution in [0.15, 0.2) is 106 Å². The highest BCUT2D eigenvalue weighted by molar-refractivity contribution is 7.88. The first-order valence-corrected chi connectivity index (χ1v) is 14.5. The molecule has 0 spiro atoms. The molecule has 12 heteroatoms. The molecule has 0 radical (unpaired) electrons. The van der Waals surface area contributed by atoms with E-state index in [0.717, 1.165) is 0 Å². The average molecular weight is 547 g/mol. The van der Waals surface area contributed by atoms with Crippen LogP contribution < -0.4 is 0 Å². The van der Waals surface area contributed by atoms with Gasteiger partial charge in [-0.05, 0) is 16.7 Å². The summed E-state index contributed by atoms with van der Waals surface area (Å²) in [6.45, 7) is 0. The predicted octanol–water partition coefficient (Wildman–Crippen LogP) is 4.43. The molecule has 3 N–H and O–H groups in total. The minimum Gasteiger partial charge on any atom is -0.282 e. The van der Waals surface area contributed by atoms with E-state index in [1.807, 2.05) is 0 Å². The summed E-state index contributed by atoms with van der Waals surface area (Å²) >= 11 is 0. The summed E-state index contributed by atoms with van der Waals surface area (Å²) < 4.78 is 108. The maximum Gasteiger partial charge on any atom is 0.295 e. The van der Waals surface area contributed by atoms with E-state index in [-0.39, 0.29) is 16.7 Å². The number of rotatable bonds is 6. The number of hydrogen-bond acceptors (Lipinski definition) is 6. The Labute approximate surface area is 207 Å². The topological polar surface area (TPSA) is 163 Å². The SMILES string of the molecule is O=S(=O)(O)c1c(-c2ccccc2)c(S(=O)(=O)O)c(-c2ccccc2)c(S(=O)(=O)O)c1-c1ccccc1. The van der Waals surface area contributed by atoms with Gasteiger partial charge in [-0.1, -0.05) is 91.0 Å². The monoisotopic (exact) mass is 546 g/mol. The van der Waals surface area contributed by atoms with Gasteiger partial charge in [0.15, 0.2) is 0 Å². The third-order valence-corrected chi connectivity index (χ3v) is 8.10. The van der Waals surface area contributed by atoms with Crippen molar-refractivity contribution >= 4 is 30.4 Å². The van der Waals surface area contributed by atoms with Crippen molar-refractivity contribution in [1.82, 2.24) is 0 Å². The van der Waals surface area contributed by atoms with Crippen LogP contribution in [0.4, 0.5) is 0 Å². The Morgan fingerprint density at radius 2 is 0.556 bits per heavy atom. The molecule has 0 amide bonds. The van der Waals surface area contributed by atoms with Gasteiger partial charge >= 0.3 is 0 Å². The van der Waals surface area contributed by atoms with Crippen LogP contribution in [0.5, 0.6) is 0 Å². The summed E-state index contributed by atoms with van der Waals surface area (Å²) in [5.41, 5.74) is -2.17. The summed E-state index contributed by atoms with van der Waals surface area (Å²) in [6, 6.07) is 21.4. The van der Waals surface area contributed by atoms with E-state index in [1.54, 1.807) is 18.2 Å². The molecule has 0 aliphatic rings. The Morgan fingerprint density at radius 1 is 0.361 bits per heavy atom. The lowest BCUT2D eigenvalue weighted by Crippen LogP contribution is -2.16. The molecule has 0 aliphatic heterocycles. The molecule has 36 heavy (non-hydrogen) atoms. The summed E-state index contributed by atoms with van der Waals surface area (Å²) in [5, 5.41) is 0. The van der Waals surface area contributed by atoms with Gasteiger partial charge in [0.2, 0.25) is 0 Å². The minimum absolute atomic E-state index is 0.0611. The number of hydrogen-bond donors (Lipinski definition) is 3. The quantitative estimate of drug-likeness (QED) is 0.297. The fourth-order valence-corrected chi connectivity index (χ4v) is 7.12. The lowest BCUT2D eigenvalue weighted by molar-refractivity contribution is 0.480. The lowest BCUT2D eigenvalue weighted by Gasteiger charge is -2.23. The van der Waals surface area contributed by atoms with Crippen LogP contribution in [0.1, 0.15) is 0 Å². The van der Waals surface area contributed by atoms with E-state index in [0.29, 0.717) is 0 Å². The first-order valence-electron chi connectivity index (χ1n) is 10.1. The molecule has 0 saturated carbocycles. The average Bonchev–Trinajstić information content (AvgIpc) is 2.82. The summed E-state index contributed by atoms with van der Waals surface area (Å²) in [6.07, 6.45) is 0. The molecule has 4 rings (SSSR count). The Hall–Kier alpha value is -3.39. The van der Waals surface area contributed by atoms with E-state index >= 15 is 0 Å². The van der Waals surface area contributed by atoms with E-state index in [2.05, 4.69) is 0 Å². The highest BCUT2D eigenvalue weighted by atomic mass is 32.2. The molecular formula is C24H18O9S3. The number of benzene rings is 4. The fraction of sp³-hybridized carbons (Fsp3) is 0. The first kappa shape index (κ1) is 25.7. The maximum absolute atomic E-state index is 12.8. The Balaban J connectivity index is 2.52. The highest BCUT2D eigenvalue weighted by Crippen LogP contribution is 2.50. The van der Waals surface area contributed by atoms with Gasteiger partial charge in [-0.25, -0.2) is 0 Å². The molecule has 0 fully saturated rings. The minimum atomic E-state index is -5.38. The van der Waals surface area contributed by atoms with Gasteiger partial charge in [-0.3, -0.25) is 13.7 Å². The van der Waals surface area contributed by atoms with Crippen molar-refractivity contribution < 1.29 is 38.9 Å². The molecule has 0 saturated heterocycles. The summed E-state index contributed by atoms with van der Waals surface area (Å²) in [7, 11) is -16.1. The smallest absolute Gasteiger partial charge is 0.282 e. The van der Waals surface area contributed by atoms with Crippen molar-refractivity contribution in [3.05, 3.63) is 91.0 Å². The molecule has 186 valence electrons. The van der Waals surface area contributed by atoms with Crippen molar-refractivity contribution in [3.8, 4) is 33.4 Å². The standard InChI is InChI=1S/C24H18O9S3/c25-34(26,27)22-19(16-10-4-1-5-11-16)23(35(28,29)30)21(18-14-8-3-9-15-18)24(36(31,32)33)20(22)17-12-6-2-7-13-17/h1-15H,(H,25,26,27)(H,28,29,30)(H,31,32,33). The van der Waals surface area contributed by atoms with Gasteiger partial charge in [0.25, 0.3) is 30.4 Å². The van der Waals surface area contributed by atoms with Crippen LogP contribution >= 0.6 is 0 Å². The van der Waals surface area contributed by atoms with E-state index in [9.17, 15) is 38.9 Å². The first-order chi connectivity index (χ1) is 16.8. The molecule has 0 unspecified atom stereocenters. The van der Waals surface area contributed by atoms with Gasteiger partial charge in [0.05, 0.1) is 0 Å². The van der Waals surface area contributed by atoms with Gasteiger partial charge in [0, 0.05) is 16.7 Å². The third-order valence-electron chi connectivity index (χ3n) is 5.32. The largest absolute Gasteiger partial charge is 0.295 e. The molecule has 0 atom stereocenters. The van der Waals surface area contributed by atoms with Crippen molar-refractivity contribution in [1.29, 1.82) is 0 Å². The van der Waals surface area contributed by atoms with Gasteiger partial charge < -0.3 is 0 Å². The van der Waals surface area contributed by atoms with Crippen LogP contribution in [0.25, 0.3) is 33.4 Å². The van der Waals surface area contributed by atoms with E-state index in [1.165, 1.54) is 72.8 Å². The second-order valence-corrected chi connectivity index (χ2v) is 11.7. The Bertz CT molecular complexity index is 1530. The van der Waals surface area contributed by atoms with Gasteiger partial charge in [0.1, 0.15) is 14.7 Å². The Morgan fingerprint density at radius 3 is 0.722 bits per heavy atom. The van der Waals surface area contributed by atoms with Crippen molar-refractivity contribution in [3.63, 3.8) is 0 Å². The Kier molecular flexibility index (Phi) is 6.60. The second kappa shape index (κ2) is 9.24. The maximum atomic E-state index is 12.8. The van der Waals surface area contributed by atoms with Crippen molar-refractivity contribution in [2.24, 2.45) is 0 Å². The third kappa shape index (κ3) is 4.82. The molecule has 4 aromatic carbocycles. The fourth-order valence-electron chi connectivity index (χ4n) is 4.06. The van der Waals surface area contributed by atoms with Crippen LogP contribution in [-0.2, 0) is 30.4 Å². The van der Waals surface area contributed by atoms with Gasteiger partial charge in [-0.15, -0.1) is 0 Å². The zero-order chi connectivity index (χ0) is 26.3. The molecule has 0 aliphatic carbocycles. The molecule has 0 bridgehead atoms.